The summed E-state index contributed by atoms with van der Waals surface area (Å²) in [6.45, 7) is 3.00. The molecule has 4 bridgehead atoms. The lowest BCUT2D eigenvalue weighted by Crippen LogP contribution is -2.34. The minimum absolute atomic E-state index is 0.0196. The van der Waals surface area contributed by atoms with Crippen LogP contribution in [0.4, 0.5) is 5.95 Å². The highest BCUT2D eigenvalue weighted by molar-refractivity contribution is 8.07. The van der Waals surface area contributed by atoms with Crippen molar-refractivity contribution < 1.29 is 37.0 Å². The van der Waals surface area contributed by atoms with Gasteiger partial charge in [-0.25, -0.2) is 26.5 Å². The fraction of sp³-hybridized carbons (Fsp3) is 0.556. The molecule has 4 aromatic rings. The molecule has 2 unspecified atom stereocenters. The van der Waals surface area contributed by atoms with E-state index in [2.05, 4.69) is 40.1 Å². The van der Waals surface area contributed by atoms with Crippen molar-refractivity contribution in [2.45, 2.75) is 70.3 Å². The number of aromatic amines is 1. The fourth-order valence-electron chi connectivity index (χ4n) is 5.81. The molecule has 4 aliphatic rings. The molecule has 23 heteroatoms. The Balaban J connectivity index is 1.23. The zero-order valence-electron chi connectivity index (χ0n) is 26.6. The summed E-state index contributed by atoms with van der Waals surface area (Å²) in [6.07, 6.45) is 2.52. The summed E-state index contributed by atoms with van der Waals surface area (Å²) in [5.41, 5.74) is 0.568. The second-order valence-corrected chi connectivity index (χ2v) is 17.8. The monoisotopic (exact) mass is 766 g/mol. The molecule has 8 rings (SSSR count). The van der Waals surface area contributed by atoms with E-state index in [4.69, 9.17) is 57.5 Å². The predicted molar refractivity (Wildman–Crippen MR) is 182 cm³/mol. The molecule has 0 radical (unpaired) electrons. The molecular formula is C27H32N10O9P2S2. The molecule has 0 aromatic carbocycles. The first-order chi connectivity index (χ1) is 23.9. The number of anilines is 1. The van der Waals surface area contributed by atoms with Crippen molar-refractivity contribution in [3.05, 3.63) is 46.4 Å². The standard InChI is InChI=1S/C27H32N10O9P2S2/c1-14(2)24(38)34-27-33-23-21(25(39)35-27)31-13-36(23)26-19-8-17(44-26)10-43-48(50,41-5-4-28-3)45-16-6-15(7-16)37-20(11-42-47(40,49)46-19)32-18-9-29-12-30-22(18)37/h9,12-17,19,26H,4-8,10-11H2,1-2H3,(H,40,49)(H2,33,34,35,38,39)/t15?,16?,17-,19+,26+,47?,48?/m0/s1. The molecule has 266 valence electrons. The number of fused-ring (bicyclic) bond motifs is 8. The van der Waals surface area contributed by atoms with Gasteiger partial charge in [-0.05, 0) is 36.5 Å². The van der Waals surface area contributed by atoms with Crippen LogP contribution < -0.4 is 10.9 Å². The van der Waals surface area contributed by atoms with E-state index in [9.17, 15) is 14.5 Å². The maximum Gasteiger partial charge on any atom is 0.327 e. The van der Waals surface area contributed by atoms with Crippen LogP contribution in [0.25, 0.3) is 27.2 Å². The van der Waals surface area contributed by atoms with E-state index in [-0.39, 0.29) is 73.9 Å². The lowest BCUT2D eigenvalue weighted by molar-refractivity contribution is -0.118. The van der Waals surface area contributed by atoms with Crippen LogP contribution in [0.2, 0.25) is 0 Å². The number of ether oxygens (including phenoxy) is 1. The third-order valence-electron chi connectivity index (χ3n) is 8.26. The van der Waals surface area contributed by atoms with Crippen LogP contribution in [0.5, 0.6) is 0 Å². The number of nitrogens with one attached hydrogen (secondary N) is 2. The van der Waals surface area contributed by atoms with Crippen LogP contribution in [0.1, 0.15) is 51.2 Å². The van der Waals surface area contributed by atoms with Gasteiger partial charge in [0.25, 0.3) is 5.56 Å². The third-order valence-corrected chi connectivity index (χ3v) is 12.2. The molecule has 1 amide bonds. The number of amides is 1. The van der Waals surface area contributed by atoms with Crippen molar-refractivity contribution in [3.8, 4) is 0 Å². The van der Waals surface area contributed by atoms with Crippen LogP contribution in [-0.4, -0.2) is 87.9 Å². The number of carbonyl (C=O) groups is 1. The first-order valence-corrected chi connectivity index (χ1v) is 20.7. The van der Waals surface area contributed by atoms with Gasteiger partial charge >= 0.3 is 13.4 Å². The highest BCUT2D eigenvalue weighted by Gasteiger charge is 2.44. The second kappa shape index (κ2) is 14.1. The van der Waals surface area contributed by atoms with Crippen molar-refractivity contribution in [1.29, 1.82) is 0 Å². The molecule has 19 nitrogen and oxygen atoms in total. The number of hydrogen-bond donors (Lipinski definition) is 3. The van der Waals surface area contributed by atoms with Crippen molar-refractivity contribution in [2.24, 2.45) is 5.92 Å². The number of rotatable bonds is 6. The van der Waals surface area contributed by atoms with Crippen molar-refractivity contribution >= 4 is 71.2 Å². The van der Waals surface area contributed by atoms with Crippen LogP contribution in [0, 0.1) is 12.5 Å². The Bertz CT molecular complexity index is 2130. The Kier molecular flexibility index (Phi) is 9.97. The second-order valence-electron chi connectivity index (χ2n) is 12.1. The Labute approximate surface area is 294 Å². The molecule has 3 aliphatic heterocycles. The number of imidazole rings is 2. The quantitative estimate of drug-likeness (QED) is 0.146. The highest BCUT2D eigenvalue weighted by Crippen LogP contribution is 2.56. The number of nitrogens with zero attached hydrogens (tertiary/aromatic N) is 8. The van der Waals surface area contributed by atoms with Gasteiger partial charge in [-0.3, -0.25) is 24.5 Å². The van der Waals surface area contributed by atoms with E-state index in [0.29, 0.717) is 29.8 Å². The van der Waals surface area contributed by atoms with E-state index < -0.39 is 37.4 Å². The number of carbonyl (C=O) groups excluding carboxylic acids is 1. The lowest BCUT2D eigenvalue weighted by Gasteiger charge is -2.39. The summed E-state index contributed by atoms with van der Waals surface area (Å²) < 4.78 is 40.0. The average molecular weight is 767 g/mol. The molecule has 1 saturated heterocycles. The van der Waals surface area contributed by atoms with Gasteiger partial charge in [0.1, 0.15) is 37.0 Å². The van der Waals surface area contributed by atoms with Crippen LogP contribution >= 0.6 is 13.4 Å². The minimum Gasteiger partial charge on any atom is -0.349 e. The molecular weight excluding hydrogens is 734 g/mol. The van der Waals surface area contributed by atoms with E-state index in [1.807, 2.05) is 4.57 Å². The molecule has 0 spiro atoms. The molecule has 3 N–H and O–H groups in total. The SMILES string of the molecule is [C-]#[N+]CCOP1(=S)OC[C@@H]2C[C@@H](OP(O)(=S)OCc3nc4cncnc4n3C3CC(C3)O1)[C@H](n1cnc3c(=O)[nH]c(NC(=O)C(C)C)nc31)O2. The normalized spacial score (nSPS) is 30.2. The Hall–Kier alpha value is -3.12. The number of aromatic nitrogens is 8. The number of hydrogen-bond acceptors (Lipinski definition) is 15. The highest BCUT2D eigenvalue weighted by atomic mass is 32.5. The largest absolute Gasteiger partial charge is 0.349 e. The maximum atomic E-state index is 12.9. The Morgan fingerprint density at radius 2 is 2.02 bits per heavy atom. The van der Waals surface area contributed by atoms with Gasteiger partial charge in [-0.2, -0.15) is 4.98 Å². The molecule has 1 aliphatic carbocycles. The van der Waals surface area contributed by atoms with E-state index >= 15 is 0 Å². The van der Waals surface area contributed by atoms with Gasteiger partial charge < -0.3 is 41.7 Å². The van der Waals surface area contributed by atoms with Gasteiger partial charge in [-0.15, -0.1) is 0 Å². The zero-order chi connectivity index (χ0) is 35.2. The summed E-state index contributed by atoms with van der Waals surface area (Å²) in [6, 6.07) is -0.0974. The predicted octanol–water partition coefficient (Wildman–Crippen LogP) is 2.87. The van der Waals surface area contributed by atoms with Crippen molar-refractivity contribution in [1.82, 2.24) is 39.0 Å². The topological polar surface area (TPSA) is 216 Å². The summed E-state index contributed by atoms with van der Waals surface area (Å²) in [7, 11) is 0. The Morgan fingerprint density at radius 1 is 1.20 bits per heavy atom. The first-order valence-electron chi connectivity index (χ1n) is 15.6. The maximum absolute atomic E-state index is 12.9. The summed E-state index contributed by atoms with van der Waals surface area (Å²) >= 11 is 11.3. The van der Waals surface area contributed by atoms with E-state index in [0.717, 1.165) is 0 Å². The van der Waals surface area contributed by atoms with Gasteiger partial charge in [0.2, 0.25) is 18.4 Å². The van der Waals surface area contributed by atoms with Gasteiger partial charge in [-0.1, -0.05) is 13.8 Å². The average Bonchev–Trinajstić information content (AvgIpc) is 3.75. The van der Waals surface area contributed by atoms with E-state index in [1.54, 1.807) is 20.0 Å². The van der Waals surface area contributed by atoms with Crippen LogP contribution in [-0.2, 0) is 62.4 Å². The van der Waals surface area contributed by atoms with Crippen LogP contribution in [0.3, 0.4) is 0 Å². The molecule has 4 aromatic heterocycles. The first kappa shape index (κ1) is 35.3. The minimum atomic E-state index is -3.97. The van der Waals surface area contributed by atoms with Crippen LogP contribution in [0.15, 0.2) is 23.6 Å². The summed E-state index contributed by atoms with van der Waals surface area (Å²) in [5.74, 6) is -0.366. The zero-order valence-corrected chi connectivity index (χ0v) is 30.1. The molecule has 50 heavy (non-hydrogen) atoms. The summed E-state index contributed by atoms with van der Waals surface area (Å²) in [4.78, 5) is 64.3. The van der Waals surface area contributed by atoms with Gasteiger partial charge in [0.05, 0.1) is 31.3 Å². The molecule has 1 saturated carbocycles. The van der Waals surface area contributed by atoms with Crippen molar-refractivity contribution in [2.75, 3.05) is 25.1 Å². The molecule has 7 heterocycles. The van der Waals surface area contributed by atoms with Gasteiger partial charge in [0, 0.05) is 18.4 Å². The summed E-state index contributed by atoms with van der Waals surface area (Å²) in [5, 5.41) is 2.59. The smallest absolute Gasteiger partial charge is 0.327 e. The Morgan fingerprint density at radius 3 is 2.80 bits per heavy atom. The third kappa shape index (κ3) is 7.29. The molecule has 2 fully saturated rings. The molecule has 5 atom stereocenters. The fourth-order valence-corrected chi connectivity index (χ4v) is 9.33. The van der Waals surface area contributed by atoms with Crippen molar-refractivity contribution in [3.63, 3.8) is 0 Å². The van der Waals surface area contributed by atoms with Gasteiger partial charge in [0.15, 0.2) is 23.0 Å². The lowest BCUT2D eigenvalue weighted by atomic mass is 9.89. The van der Waals surface area contributed by atoms with E-state index in [1.165, 1.54) is 17.2 Å². The number of H-pyrrole nitrogens is 1.